The topological polar surface area (TPSA) is 63.9 Å². The van der Waals surface area contributed by atoms with E-state index in [0.717, 1.165) is 0 Å². The monoisotopic (exact) mass is 255 g/mol. The number of anilines is 1. The first-order chi connectivity index (χ1) is 8.40. The maximum absolute atomic E-state index is 13.5. The Hall–Kier alpha value is -1.17. The molecular formula is C13H18FNO3. The molecule has 2 rings (SSSR count). The van der Waals surface area contributed by atoms with Crippen molar-refractivity contribution in [2.24, 2.45) is 0 Å². The number of benzene rings is 1. The second-order valence-electron chi connectivity index (χ2n) is 4.88. The van der Waals surface area contributed by atoms with Crippen LogP contribution in [0.2, 0.25) is 0 Å². The molecule has 3 atom stereocenters. The Morgan fingerprint density at radius 2 is 1.83 bits per heavy atom. The summed E-state index contributed by atoms with van der Waals surface area (Å²) in [5.74, 6) is -0.366. The quantitative estimate of drug-likeness (QED) is 0.729. The summed E-state index contributed by atoms with van der Waals surface area (Å²) in [6.07, 6.45) is -2.42. The summed E-state index contributed by atoms with van der Waals surface area (Å²) >= 11 is 0. The highest BCUT2D eigenvalue weighted by Crippen LogP contribution is 2.31. The van der Waals surface area contributed by atoms with E-state index in [1.807, 2.05) is 0 Å². The molecule has 1 aliphatic heterocycles. The fourth-order valence-electron chi connectivity index (χ4n) is 2.26. The van der Waals surface area contributed by atoms with Gasteiger partial charge in [0.25, 0.3) is 0 Å². The number of β-amino-alcohol motifs (C(OH)–C–C–N with tert-alkyl or cyclic N) is 2. The van der Waals surface area contributed by atoms with Crippen LogP contribution in [0, 0.1) is 12.7 Å². The first kappa shape index (κ1) is 13.3. The van der Waals surface area contributed by atoms with Crippen LogP contribution in [0.3, 0.4) is 0 Å². The fourth-order valence-corrected chi connectivity index (χ4v) is 2.26. The number of hydrogen-bond donors (Lipinski definition) is 3. The normalized spacial score (nSPS) is 25.6. The zero-order chi connectivity index (χ0) is 13.4. The number of halogens is 1. The fraction of sp³-hybridized carbons (Fsp3) is 0.538. The molecule has 4 nitrogen and oxygen atoms in total. The van der Waals surface area contributed by atoms with Gasteiger partial charge in [0.05, 0.1) is 18.3 Å². The third-order valence-electron chi connectivity index (χ3n) is 3.36. The summed E-state index contributed by atoms with van der Waals surface area (Å²) < 4.78 is 13.5. The Morgan fingerprint density at radius 1 is 1.28 bits per heavy atom. The summed E-state index contributed by atoms with van der Waals surface area (Å²) in [6.45, 7) is 3.78. The molecule has 1 aliphatic rings. The predicted molar refractivity (Wildman–Crippen MR) is 66.0 cm³/mol. The van der Waals surface area contributed by atoms with E-state index in [2.05, 4.69) is 0 Å². The number of nitrogens with zero attached hydrogens (tertiary/aromatic N) is 1. The molecular weight excluding hydrogens is 237 g/mol. The molecule has 3 N–H and O–H groups in total. The van der Waals surface area contributed by atoms with Crippen molar-refractivity contribution in [2.75, 3.05) is 18.0 Å². The summed E-state index contributed by atoms with van der Waals surface area (Å²) in [7, 11) is 0. The lowest BCUT2D eigenvalue weighted by Crippen LogP contribution is -2.23. The highest BCUT2D eigenvalue weighted by Gasteiger charge is 2.31. The zero-order valence-corrected chi connectivity index (χ0v) is 10.5. The molecule has 1 aromatic carbocycles. The van der Waals surface area contributed by atoms with Gasteiger partial charge in [-0.25, -0.2) is 4.39 Å². The molecule has 0 amide bonds. The highest BCUT2D eigenvalue weighted by atomic mass is 19.1. The lowest BCUT2D eigenvalue weighted by molar-refractivity contribution is 0.0572. The van der Waals surface area contributed by atoms with Crippen LogP contribution >= 0.6 is 0 Å². The Bertz CT molecular complexity index is 440. The van der Waals surface area contributed by atoms with Gasteiger partial charge in [0.1, 0.15) is 5.82 Å². The molecule has 0 radical (unpaired) electrons. The molecule has 1 heterocycles. The van der Waals surface area contributed by atoms with Crippen LogP contribution in [0.1, 0.15) is 24.2 Å². The van der Waals surface area contributed by atoms with Crippen LogP contribution in [-0.4, -0.2) is 40.6 Å². The lowest BCUT2D eigenvalue weighted by atomic mass is 10.0. The molecule has 2 unspecified atom stereocenters. The maximum atomic E-state index is 13.5. The lowest BCUT2D eigenvalue weighted by Gasteiger charge is -2.23. The van der Waals surface area contributed by atoms with Crippen LogP contribution < -0.4 is 4.90 Å². The van der Waals surface area contributed by atoms with E-state index in [-0.39, 0.29) is 18.9 Å². The minimum atomic E-state index is -0.808. The summed E-state index contributed by atoms with van der Waals surface area (Å²) in [5, 5.41) is 28.8. The Kier molecular flexibility index (Phi) is 3.56. The SMILES string of the molecule is Cc1cc(N2CC(O)C(O)C2)c([C@H](C)O)cc1F. The van der Waals surface area contributed by atoms with Gasteiger partial charge in [-0.05, 0) is 31.5 Å². The van der Waals surface area contributed by atoms with E-state index in [1.165, 1.54) is 6.07 Å². The molecule has 0 aromatic heterocycles. The van der Waals surface area contributed by atoms with E-state index in [0.29, 0.717) is 16.8 Å². The van der Waals surface area contributed by atoms with Crippen LogP contribution in [-0.2, 0) is 0 Å². The average Bonchev–Trinajstić information content (AvgIpc) is 2.62. The van der Waals surface area contributed by atoms with E-state index >= 15 is 0 Å². The average molecular weight is 255 g/mol. The van der Waals surface area contributed by atoms with Crippen LogP contribution in [0.4, 0.5) is 10.1 Å². The molecule has 0 bridgehead atoms. The van der Waals surface area contributed by atoms with Gasteiger partial charge in [-0.3, -0.25) is 0 Å². The van der Waals surface area contributed by atoms with Crippen molar-refractivity contribution in [3.8, 4) is 0 Å². The zero-order valence-electron chi connectivity index (χ0n) is 10.5. The van der Waals surface area contributed by atoms with Crippen LogP contribution in [0.5, 0.6) is 0 Å². The van der Waals surface area contributed by atoms with Crippen molar-refractivity contribution in [1.29, 1.82) is 0 Å². The van der Waals surface area contributed by atoms with Crippen molar-refractivity contribution >= 4 is 5.69 Å². The largest absolute Gasteiger partial charge is 0.389 e. The summed E-state index contributed by atoms with van der Waals surface area (Å²) in [6, 6.07) is 2.95. The van der Waals surface area contributed by atoms with E-state index in [4.69, 9.17) is 0 Å². The Labute approximate surface area is 105 Å². The van der Waals surface area contributed by atoms with E-state index in [1.54, 1.807) is 24.8 Å². The summed E-state index contributed by atoms with van der Waals surface area (Å²) in [5.41, 5.74) is 1.61. The Morgan fingerprint density at radius 3 is 2.33 bits per heavy atom. The first-order valence-electron chi connectivity index (χ1n) is 5.99. The van der Waals surface area contributed by atoms with Crippen molar-refractivity contribution in [3.63, 3.8) is 0 Å². The van der Waals surface area contributed by atoms with Gasteiger partial charge in [-0.15, -0.1) is 0 Å². The molecule has 18 heavy (non-hydrogen) atoms. The number of aliphatic hydroxyl groups excluding tert-OH is 3. The molecule has 1 saturated heterocycles. The van der Waals surface area contributed by atoms with Gasteiger partial charge >= 0.3 is 0 Å². The first-order valence-corrected chi connectivity index (χ1v) is 5.99. The van der Waals surface area contributed by atoms with E-state index in [9.17, 15) is 19.7 Å². The Balaban J connectivity index is 2.40. The minimum Gasteiger partial charge on any atom is -0.389 e. The molecule has 100 valence electrons. The number of rotatable bonds is 2. The molecule has 5 heteroatoms. The minimum absolute atomic E-state index is 0.284. The molecule has 1 fully saturated rings. The van der Waals surface area contributed by atoms with E-state index < -0.39 is 18.3 Å². The van der Waals surface area contributed by atoms with Gasteiger partial charge < -0.3 is 20.2 Å². The smallest absolute Gasteiger partial charge is 0.126 e. The van der Waals surface area contributed by atoms with Crippen molar-refractivity contribution < 1.29 is 19.7 Å². The van der Waals surface area contributed by atoms with Crippen molar-refractivity contribution in [2.45, 2.75) is 32.2 Å². The van der Waals surface area contributed by atoms with Gasteiger partial charge in [0.2, 0.25) is 0 Å². The van der Waals surface area contributed by atoms with Gasteiger partial charge in [-0.1, -0.05) is 0 Å². The van der Waals surface area contributed by atoms with Gasteiger partial charge in [0, 0.05) is 24.3 Å². The van der Waals surface area contributed by atoms with Gasteiger partial charge in [-0.2, -0.15) is 0 Å². The molecule has 0 saturated carbocycles. The highest BCUT2D eigenvalue weighted by molar-refractivity contribution is 5.57. The third-order valence-corrected chi connectivity index (χ3v) is 3.36. The molecule has 0 aliphatic carbocycles. The second kappa shape index (κ2) is 4.84. The van der Waals surface area contributed by atoms with Crippen LogP contribution in [0.15, 0.2) is 12.1 Å². The third kappa shape index (κ3) is 2.34. The van der Waals surface area contributed by atoms with Crippen molar-refractivity contribution in [1.82, 2.24) is 0 Å². The number of aryl methyl sites for hydroxylation is 1. The molecule has 0 spiro atoms. The van der Waals surface area contributed by atoms with Gasteiger partial charge in [0.15, 0.2) is 0 Å². The van der Waals surface area contributed by atoms with Crippen molar-refractivity contribution in [3.05, 3.63) is 29.1 Å². The predicted octanol–water partition coefficient (Wildman–Crippen LogP) is 0.729. The molecule has 1 aromatic rings. The second-order valence-corrected chi connectivity index (χ2v) is 4.88. The standard InChI is InChI=1S/C13H18FNO3/c1-7-3-11(9(8(2)16)4-10(7)14)15-5-12(17)13(18)6-15/h3-4,8,12-13,16-18H,5-6H2,1-2H3/t8-,12?,13?/m0/s1. The maximum Gasteiger partial charge on any atom is 0.126 e. The van der Waals surface area contributed by atoms with Crippen LogP contribution in [0.25, 0.3) is 0 Å². The number of aliphatic hydroxyl groups is 3. The number of hydrogen-bond acceptors (Lipinski definition) is 4. The summed E-state index contributed by atoms with van der Waals surface area (Å²) in [4.78, 5) is 1.77.